The molecule has 2 aliphatic heterocycles. The summed E-state index contributed by atoms with van der Waals surface area (Å²) in [6, 6.07) is 4.01. The molecule has 35 heavy (non-hydrogen) atoms. The first kappa shape index (κ1) is 22.7. The van der Waals surface area contributed by atoms with E-state index in [0.29, 0.717) is 12.4 Å². The van der Waals surface area contributed by atoms with Crippen LogP contribution in [0.3, 0.4) is 0 Å². The standard InChI is InChI=1S/C24H24N2O7S2/c1-3-33-13-6-9(4-5-12(13)27)14-15-10-7-11(18(15)34-20-19(14)35-24(32)25-20)17-16(10)21(28)26(22(17)29)8(2)23(30)31/h4-6,8,10-11,14-18,27H,3,7H2,1-2H3,(H,25,32)(H,30,31). The molecule has 8 atom stereocenters. The zero-order valence-corrected chi connectivity index (χ0v) is 20.6. The molecule has 1 aromatic carbocycles. The molecular weight excluding hydrogens is 492 g/mol. The van der Waals surface area contributed by atoms with E-state index in [1.54, 1.807) is 23.9 Å². The number of ether oxygens (including phenoxy) is 1. The first-order chi connectivity index (χ1) is 16.7. The summed E-state index contributed by atoms with van der Waals surface area (Å²) in [5.74, 6) is -3.05. The highest BCUT2D eigenvalue weighted by molar-refractivity contribution is 8.00. The summed E-state index contributed by atoms with van der Waals surface area (Å²) in [6.07, 6.45) is 0.719. The number of thioether (sulfide) groups is 1. The number of thiazole rings is 1. The van der Waals surface area contributed by atoms with Crippen LogP contribution in [0.4, 0.5) is 0 Å². The Morgan fingerprint density at radius 2 is 1.94 bits per heavy atom. The number of carbonyl (C=O) groups is 3. The van der Waals surface area contributed by atoms with E-state index in [0.717, 1.165) is 38.1 Å². The van der Waals surface area contributed by atoms with Gasteiger partial charge in [-0.3, -0.25) is 19.3 Å². The number of carboxylic acid groups (broad SMARTS) is 1. The SMILES string of the molecule is CCOc1cc(C2c3sc(=O)[nH]c3SC3C4CC(C5C(=O)N(C(C)C(=O)O)C(=O)C45)C23)ccc1O. The lowest BCUT2D eigenvalue weighted by Gasteiger charge is -2.43. The molecule has 11 heteroatoms. The van der Waals surface area contributed by atoms with Crippen LogP contribution >= 0.6 is 23.1 Å². The maximum absolute atomic E-state index is 13.4. The van der Waals surface area contributed by atoms with Crippen molar-refractivity contribution in [3.05, 3.63) is 38.3 Å². The summed E-state index contributed by atoms with van der Waals surface area (Å²) in [5, 5.41) is 20.5. The van der Waals surface area contributed by atoms with Gasteiger partial charge in [0.2, 0.25) is 11.8 Å². The van der Waals surface area contributed by atoms with Crippen LogP contribution in [0.15, 0.2) is 28.0 Å². The molecule has 0 spiro atoms. The number of benzene rings is 1. The van der Waals surface area contributed by atoms with Crippen LogP contribution in [-0.4, -0.2) is 55.8 Å². The van der Waals surface area contributed by atoms with Crippen molar-refractivity contribution in [2.24, 2.45) is 29.6 Å². The van der Waals surface area contributed by atoms with Crippen molar-refractivity contribution in [3.8, 4) is 11.5 Å². The summed E-state index contributed by atoms with van der Waals surface area (Å²) >= 11 is 2.73. The number of H-pyrrole nitrogens is 1. The Hall–Kier alpha value is -2.79. The third kappa shape index (κ3) is 3.07. The third-order valence-electron chi connectivity index (χ3n) is 8.15. The van der Waals surface area contributed by atoms with Crippen LogP contribution in [0.2, 0.25) is 0 Å². The number of aliphatic carboxylic acids is 1. The first-order valence-corrected chi connectivity index (χ1v) is 13.4. The lowest BCUT2D eigenvalue weighted by molar-refractivity contribution is -0.154. The molecule has 4 aliphatic rings. The van der Waals surface area contributed by atoms with Crippen LogP contribution in [0.5, 0.6) is 11.5 Å². The molecule has 6 rings (SSSR count). The number of nitrogens with one attached hydrogen (secondary N) is 1. The number of phenols is 1. The molecule has 1 saturated heterocycles. The van der Waals surface area contributed by atoms with Gasteiger partial charge in [-0.25, -0.2) is 4.79 Å². The van der Waals surface area contributed by atoms with Crippen LogP contribution in [0.1, 0.15) is 36.6 Å². The topological polar surface area (TPSA) is 137 Å². The highest BCUT2D eigenvalue weighted by atomic mass is 32.2. The molecule has 2 aliphatic carbocycles. The zero-order chi connectivity index (χ0) is 24.8. The Morgan fingerprint density at radius 1 is 1.23 bits per heavy atom. The van der Waals surface area contributed by atoms with Crippen molar-refractivity contribution in [2.75, 3.05) is 6.61 Å². The molecule has 2 aromatic rings. The van der Waals surface area contributed by atoms with Crippen molar-refractivity contribution >= 4 is 40.9 Å². The van der Waals surface area contributed by atoms with Crippen LogP contribution in [0, 0.1) is 29.6 Å². The van der Waals surface area contributed by atoms with Gasteiger partial charge in [-0.15, -0.1) is 11.8 Å². The maximum atomic E-state index is 13.4. The van der Waals surface area contributed by atoms with E-state index in [1.165, 1.54) is 6.92 Å². The van der Waals surface area contributed by atoms with Gasteiger partial charge in [0.15, 0.2) is 11.5 Å². The van der Waals surface area contributed by atoms with E-state index in [2.05, 4.69) is 4.98 Å². The fraction of sp³-hybridized carbons (Fsp3) is 0.500. The molecular formula is C24H24N2O7S2. The fourth-order valence-corrected chi connectivity index (χ4v) is 9.79. The quantitative estimate of drug-likeness (QED) is 0.516. The summed E-state index contributed by atoms with van der Waals surface area (Å²) < 4.78 is 5.62. The summed E-state index contributed by atoms with van der Waals surface area (Å²) in [7, 11) is 0. The number of fused-ring (bicyclic) bond motifs is 9. The number of imide groups is 1. The van der Waals surface area contributed by atoms with Crippen molar-refractivity contribution in [2.45, 2.75) is 42.5 Å². The van der Waals surface area contributed by atoms with Gasteiger partial charge < -0.3 is 19.9 Å². The summed E-state index contributed by atoms with van der Waals surface area (Å²) in [4.78, 5) is 55.3. The third-order valence-corrected chi connectivity index (χ3v) is 10.7. The molecule has 0 radical (unpaired) electrons. The molecule has 3 N–H and O–H groups in total. The number of phenolic OH excluding ortho intramolecular Hbond substituents is 1. The Kier molecular flexibility index (Phi) is 5.09. The molecule has 2 amide bonds. The largest absolute Gasteiger partial charge is 0.504 e. The van der Waals surface area contributed by atoms with Crippen LogP contribution in [0.25, 0.3) is 0 Å². The molecule has 2 bridgehead atoms. The molecule has 3 fully saturated rings. The van der Waals surface area contributed by atoms with Gasteiger partial charge in [0, 0.05) is 16.0 Å². The molecule has 184 valence electrons. The lowest BCUT2D eigenvalue weighted by Crippen LogP contribution is -2.44. The Bertz CT molecular complexity index is 1320. The van der Waals surface area contributed by atoms with Crippen molar-refractivity contribution in [3.63, 3.8) is 0 Å². The second kappa shape index (κ2) is 7.86. The molecule has 1 aromatic heterocycles. The number of likely N-dealkylation sites (tertiary alicyclic amines) is 1. The van der Waals surface area contributed by atoms with E-state index in [-0.39, 0.29) is 45.5 Å². The minimum Gasteiger partial charge on any atom is -0.504 e. The molecule has 3 heterocycles. The number of carbonyl (C=O) groups excluding carboxylic acids is 2. The average molecular weight is 517 g/mol. The smallest absolute Gasteiger partial charge is 0.326 e. The van der Waals surface area contributed by atoms with Crippen molar-refractivity contribution in [1.82, 2.24) is 9.88 Å². The Balaban J connectivity index is 1.45. The highest BCUT2D eigenvalue weighted by Gasteiger charge is 2.70. The number of hydrogen-bond donors (Lipinski definition) is 3. The predicted octanol–water partition coefficient (Wildman–Crippen LogP) is 2.49. The number of aromatic nitrogens is 1. The monoisotopic (exact) mass is 516 g/mol. The van der Waals surface area contributed by atoms with E-state index in [1.807, 2.05) is 13.0 Å². The molecule has 9 nitrogen and oxygen atoms in total. The van der Waals surface area contributed by atoms with Gasteiger partial charge >= 0.3 is 10.8 Å². The van der Waals surface area contributed by atoms with Gasteiger partial charge in [-0.1, -0.05) is 17.4 Å². The first-order valence-electron chi connectivity index (χ1n) is 11.7. The van der Waals surface area contributed by atoms with Gasteiger partial charge in [0.25, 0.3) is 0 Å². The van der Waals surface area contributed by atoms with Crippen LogP contribution < -0.4 is 9.61 Å². The second-order valence-electron chi connectivity index (χ2n) is 9.68. The van der Waals surface area contributed by atoms with E-state index in [9.17, 15) is 29.4 Å². The minimum atomic E-state index is -1.20. The Labute approximate surface area is 208 Å². The predicted molar refractivity (Wildman–Crippen MR) is 127 cm³/mol. The van der Waals surface area contributed by atoms with Crippen molar-refractivity contribution in [1.29, 1.82) is 0 Å². The number of amides is 2. The number of carboxylic acids is 1. The number of aromatic amines is 1. The van der Waals surface area contributed by atoms with Gasteiger partial charge in [-0.2, -0.15) is 0 Å². The molecule has 8 unspecified atom stereocenters. The lowest BCUT2D eigenvalue weighted by atomic mass is 9.68. The average Bonchev–Trinajstić information content (AvgIpc) is 3.54. The second-order valence-corrected chi connectivity index (χ2v) is 11.9. The van der Waals surface area contributed by atoms with E-state index >= 15 is 0 Å². The summed E-state index contributed by atoms with van der Waals surface area (Å²) in [5.41, 5.74) is 0.884. The highest BCUT2D eigenvalue weighted by Crippen LogP contribution is 2.68. The normalized spacial score (nSPS) is 33.4. The van der Waals surface area contributed by atoms with E-state index < -0.39 is 29.8 Å². The number of aromatic hydroxyl groups is 1. The van der Waals surface area contributed by atoms with Crippen molar-refractivity contribution < 1.29 is 29.3 Å². The van der Waals surface area contributed by atoms with Gasteiger partial charge in [0.05, 0.1) is 23.5 Å². The molecule has 2 saturated carbocycles. The summed E-state index contributed by atoms with van der Waals surface area (Å²) in [6.45, 7) is 3.59. The fourth-order valence-electron chi connectivity index (χ4n) is 6.90. The maximum Gasteiger partial charge on any atom is 0.326 e. The number of nitrogens with zero attached hydrogens (tertiary/aromatic N) is 1. The van der Waals surface area contributed by atoms with Crippen LogP contribution in [-0.2, 0) is 14.4 Å². The van der Waals surface area contributed by atoms with Gasteiger partial charge in [-0.05, 0) is 55.7 Å². The van der Waals surface area contributed by atoms with E-state index in [4.69, 9.17) is 4.74 Å². The number of hydrogen-bond acceptors (Lipinski definition) is 8. The zero-order valence-electron chi connectivity index (χ0n) is 19.0. The Morgan fingerprint density at radius 3 is 2.63 bits per heavy atom. The number of rotatable bonds is 5. The van der Waals surface area contributed by atoms with Gasteiger partial charge in [0.1, 0.15) is 6.04 Å². The minimum absolute atomic E-state index is 0.00480.